The highest BCUT2D eigenvalue weighted by molar-refractivity contribution is 7.19. The third-order valence-electron chi connectivity index (χ3n) is 3.14. The predicted molar refractivity (Wildman–Crippen MR) is 70.1 cm³/mol. The molecule has 0 aliphatic heterocycles. The van der Waals surface area contributed by atoms with Crippen LogP contribution in [-0.4, -0.2) is 22.5 Å². The lowest BCUT2D eigenvalue weighted by atomic mass is 10.0. The van der Waals surface area contributed by atoms with Crippen molar-refractivity contribution in [2.45, 2.75) is 25.7 Å². The molecule has 0 spiro atoms. The first-order valence-corrected chi connectivity index (χ1v) is 7.00. The van der Waals surface area contributed by atoms with Crippen molar-refractivity contribution in [3.63, 3.8) is 0 Å². The second kappa shape index (κ2) is 4.48. The first kappa shape index (κ1) is 11.9. The number of rotatable bonds is 2. The second-order valence-corrected chi connectivity index (χ2v) is 5.57. The van der Waals surface area contributed by atoms with Gasteiger partial charge in [0.25, 0.3) is 0 Å². The summed E-state index contributed by atoms with van der Waals surface area (Å²) in [6.07, 6.45) is 3.13. The number of aromatic nitrogens is 2. The van der Waals surface area contributed by atoms with Crippen LogP contribution in [0.3, 0.4) is 0 Å². The lowest BCUT2D eigenvalue weighted by Crippen LogP contribution is -2.13. The molecule has 0 saturated carbocycles. The minimum atomic E-state index is -0.211. The zero-order valence-electron chi connectivity index (χ0n) is 9.77. The number of thiophene rings is 1. The van der Waals surface area contributed by atoms with E-state index in [2.05, 4.69) is 9.97 Å². The van der Waals surface area contributed by atoms with E-state index in [1.54, 1.807) is 11.3 Å². The van der Waals surface area contributed by atoms with Gasteiger partial charge in [0.15, 0.2) is 0 Å². The number of esters is 1. The molecule has 0 fully saturated rings. The van der Waals surface area contributed by atoms with Crippen LogP contribution in [-0.2, 0) is 16.0 Å². The Balaban J connectivity index is 2.14. The maximum atomic E-state index is 12.0. The summed E-state index contributed by atoms with van der Waals surface area (Å²) in [7, 11) is 0. The first-order valence-electron chi connectivity index (χ1n) is 5.80. The molecule has 0 unspecified atom stereocenters. The molecule has 4 nitrogen and oxygen atoms in total. The van der Waals surface area contributed by atoms with Gasteiger partial charge in [0.2, 0.25) is 0 Å². The number of fused-ring (bicyclic) bond motifs is 3. The molecule has 0 saturated heterocycles. The van der Waals surface area contributed by atoms with Crippen LogP contribution in [0.4, 0.5) is 0 Å². The SMILES string of the molecule is CCOC(=O)[C@H]1CCc2sc3ncnc(Cl)c3c21. The zero-order chi connectivity index (χ0) is 12.7. The normalized spacial score (nSPS) is 18.0. The van der Waals surface area contributed by atoms with E-state index in [1.807, 2.05) is 6.92 Å². The summed E-state index contributed by atoms with van der Waals surface area (Å²) in [5.74, 6) is -0.381. The zero-order valence-corrected chi connectivity index (χ0v) is 11.3. The van der Waals surface area contributed by atoms with Crippen LogP contribution >= 0.6 is 22.9 Å². The number of carbonyl (C=O) groups excluding carboxylic acids is 1. The fraction of sp³-hybridized carbons (Fsp3) is 0.417. The molecular formula is C12H11ClN2O2S. The van der Waals surface area contributed by atoms with Crippen LogP contribution in [0.5, 0.6) is 0 Å². The van der Waals surface area contributed by atoms with Gasteiger partial charge in [-0.2, -0.15) is 0 Å². The van der Waals surface area contributed by atoms with Crippen molar-refractivity contribution in [1.82, 2.24) is 9.97 Å². The lowest BCUT2D eigenvalue weighted by Gasteiger charge is -2.09. The first-order chi connectivity index (χ1) is 8.72. The van der Waals surface area contributed by atoms with E-state index in [0.29, 0.717) is 11.8 Å². The summed E-state index contributed by atoms with van der Waals surface area (Å²) in [6, 6.07) is 0. The van der Waals surface area contributed by atoms with E-state index in [1.165, 1.54) is 11.2 Å². The van der Waals surface area contributed by atoms with Gasteiger partial charge >= 0.3 is 5.97 Å². The summed E-state index contributed by atoms with van der Waals surface area (Å²) >= 11 is 7.73. The Morgan fingerprint density at radius 3 is 3.22 bits per heavy atom. The monoisotopic (exact) mass is 282 g/mol. The molecule has 1 aliphatic rings. The smallest absolute Gasteiger partial charge is 0.313 e. The topological polar surface area (TPSA) is 52.1 Å². The van der Waals surface area contributed by atoms with Gasteiger partial charge < -0.3 is 4.74 Å². The Labute approximate surface area is 113 Å². The molecule has 2 aromatic heterocycles. The van der Waals surface area contributed by atoms with Gasteiger partial charge in [-0.05, 0) is 25.3 Å². The third kappa shape index (κ3) is 1.69. The second-order valence-electron chi connectivity index (χ2n) is 4.13. The molecule has 0 bridgehead atoms. The standard InChI is InChI=1S/C12H11ClN2O2S/c1-2-17-12(16)6-3-4-7-8(6)9-10(13)14-5-15-11(9)18-7/h5-6H,2-4H2,1H3/t6-/m0/s1. The third-order valence-corrected chi connectivity index (χ3v) is 4.60. The molecular weight excluding hydrogens is 272 g/mol. The van der Waals surface area contributed by atoms with Crippen LogP contribution in [0.15, 0.2) is 6.33 Å². The van der Waals surface area contributed by atoms with Crippen molar-refractivity contribution in [2.24, 2.45) is 0 Å². The molecule has 0 aromatic carbocycles. The fourth-order valence-electron chi connectivity index (χ4n) is 2.42. The fourth-order valence-corrected chi connectivity index (χ4v) is 3.92. The number of hydrogen-bond donors (Lipinski definition) is 0. The van der Waals surface area contributed by atoms with Gasteiger partial charge in [0.05, 0.1) is 17.9 Å². The maximum Gasteiger partial charge on any atom is 0.313 e. The van der Waals surface area contributed by atoms with Crippen LogP contribution in [0.2, 0.25) is 5.15 Å². The van der Waals surface area contributed by atoms with Crippen molar-refractivity contribution < 1.29 is 9.53 Å². The molecule has 3 rings (SSSR count). The van der Waals surface area contributed by atoms with Crippen LogP contribution < -0.4 is 0 Å². The van der Waals surface area contributed by atoms with Crippen molar-refractivity contribution in [3.8, 4) is 0 Å². The highest BCUT2D eigenvalue weighted by atomic mass is 35.5. The molecule has 0 radical (unpaired) electrons. The quantitative estimate of drug-likeness (QED) is 0.628. The maximum absolute atomic E-state index is 12.0. The number of ether oxygens (including phenoxy) is 1. The van der Waals surface area contributed by atoms with Crippen LogP contribution in [0.25, 0.3) is 10.2 Å². The molecule has 1 atom stereocenters. The Morgan fingerprint density at radius 1 is 1.61 bits per heavy atom. The van der Waals surface area contributed by atoms with Gasteiger partial charge in [-0.15, -0.1) is 11.3 Å². The Bertz CT molecular complexity index is 626. The highest BCUT2D eigenvalue weighted by Gasteiger charge is 2.34. The largest absolute Gasteiger partial charge is 0.466 e. The summed E-state index contributed by atoms with van der Waals surface area (Å²) < 4.78 is 5.12. The molecule has 2 heterocycles. The summed E-state index contributed by atoms with van der Waals surface area (Å²) in [5.41, 5.74) is 0.985. The number of nitrogens with zero attached hydrogens (tertiary/aromatic N) is 2. The van der Waals surface area contributed by atoms with E-state index in [-0.39, 0.29) is 11.9 Å². The molecule has 6 heteroatoms. The number of carbonyl (C=O) groups is 1. The summed E-state index contributed by atoms with van der Waals surface area (Å²) in [6.45, 7) is 2.21. The van der Waals surface area contributed by atoms with Crippen molar-refractivity contribution >= 4 is 39.1 Å². The highest BCUT2D eigenvalue weighted by Crippen LogP contribution is 2.45. The number of halogens is 1. The van der Waals surface area contributed by atoms with Gasteiger partial charge in [0, 0.05) is 4.88 Å². The van der Waals surface area contributed by atoms with Crippen molar-refractivity contribution in [3.05, 3.63) is 21.9 Å². The molecule has 2 aromatic rings. The van der Waals surface area contributed by atoms with Crippen LogP contribution in [0, 0.1) is 0 Å². The predicted octanol–water partition coefficient (Wildman–Crippen LogP) is 2.94. The number of aryl methyl sites for hydroxylation is 1. The van der Waals surface area contributed by atoms with E-state index < -0.39 is 0 Å². The van der Waals surface area contributed by atoms with Gasteiger partial charge in [-0.3, -0.25) is 4.79 Å². The average Bonchev–Trinajstić information content (AvgIpc) is 2.87. The van der Waals surface area contributed by atoms with Crippen molar-refractivity contribution in [1.29, 1.82) is 0 Å². The Hall–Kier alpha value is -1.20. The van der Waals surface area contributed by atoms with Gasteiger partial charge in [0.1, 0.15) is 16.3 Å². The lowest BCUT2D eigenvalue weighted by molar-refractivity contribution is -0.144. The Morgan fingerprint density at radius 2 is 2.44 bits per heavy atom. The molecule has 0 amide bonds. The summed E-state index contributed by atoms with van der Waals surface area (Å²) in [4.78, 5) is 22.2. The Kier molecular flexibility index (Phi) is 2.95. The molecule has 1 aliphatic carbocycles. The van der Waals surface area contributed by atoms with E-state index in [4.69, 9.17) is 16.3 Å². The van der Waals surface area contributed by atoms with Gasteiger partial charge in [-0.25, -0.2) is 9.97 Å². The molecule has 94 valence electrons. The average molecular weight is 283 g/mol. The number of hydrogen-bond acceptors (Lipinski definition) is 5. The van der Waals surface area contributed by atoms with E-state index in [0.717, 1.165) is 28.6 Å². The van der Waals surface area contributed by atoms with Crippen molar-refractivity contribution in [2.75, 3.05) is 6.61 Å². The van der Waals surface area contributed by atoms with Gasteiger partial charge in [-0.1, -0.05) is 11.6 Å². The molecule has 0 N–H and O–H groups in total. The molecule has 18 heavy (non-hydrogen) atoms. The van der Waals surface area contributed by atoms with E-state index >= 15 is 0 Å². The minimum absolute atomic E-state index is 0.170. The summed E-state index contributed by atoms with van der Waals surface area (Å²) in [5, 5.41) is 1.25. The van der Waals surface area contributed by atoms with Crippen LogP contribution in [0.1, 0.15) is 29.7 Å². The minimum Gasteiger partial charge on any atom is -0.466 e. The van der Waals surface area contributed by atoms with E-state index in [9.17, 15) is 4.79 Å².